The zero-order valence-electron chi connectivity index (χ0n) is 9.66. The number of nitrogens with zero attached hydrogens (tertiary/aromatic N) is 1. The van der Waals surface area contributed by atoms with Crippen LogP contribution in [0.4, 0.5) is 14.5 Å². The monoisotopic (exact) mass is 284 g/mol. The normalized spacial score (nSPS) is 12.2. The smallest absolute Gasteiger partial charge is 0.240 e. The fraction of sp³-hybridized carbons (Fsp3) is 0.455. The standard InChI is InChI=1S/C11H15ClF2N2.ClH/c1-16(2)7-3-4-8(9(12)5-7)10(15)6-11(13)14;/h3-5,10-11H,6,15H2,1-2H3;1H/t10-;/m0./s1. The lowest BCUT2D eigenvalue weighted by atomic mass is 10.0. The molecule has 2 N–H and O–H groups in total. The van der Waals surface area contributed by atoms with Crippen molar-refractivity contribution in [1.82, 2.24) is 0 Å². The quantitative estimate of drug-likeness (QED) is 0.917. The summed E-state index contributed by atoms with van der Waals surface area (Å²) >= 11 is 6.00. The summed E-state index contributed by atoms with van der Waals surface area (Å²) < 4.78 is 24.4. The van der Waals surface area contributed by atoms with Crippen LogP contribution >= 0.6 is 24.0 Å². The number of nitrogens with two attached hydrogens (primary N) is 1. The Kier molecular flexibility index (Phi) is 6.75. The molecule has 1 aromatic carbocycles. The van der Waals surface area contributed by atoms with Crippen LogP contribution in [0, 0.1) is 0 Å². The van der Waals surface area contributed by atoms with E-state index in [1.54, 1.807) is 12.1 Å². The maximum Gasteiger partial charge on any atom is 0.240 e. The van der Waals surface area contributed by atoms with E-state index in [2.05, 4.69) is 0 Å². The summed E-state index contributed by atoms with van der Waals surface area (Å²) in [6, 6.07) is 4.52. The third kappa shape index (κ3) is 4.66. The van der Waals surface area contributed by atoms with Crippen molar-refractivity contribution in [2.45, 2.75) is 18.9 Å². The van der Waals surface area contributed by atoms with E-state index in [0.29, 0.717) is 10.6 Å². The van der Waals surface area contributed by atoms with Crippen LogP contribution in [0.1, 0.15) is 18.0 Å². The predicted octanol–water partition coefficient (Wildman–Crippen LogP) is 3.48. The Morgan fingerprint density at radius 3 is 2.35 bits per heavy atom. The topological polar surface area (TPSA) is 29.3 Å². The molecule has 0 fully saturated rings. The third-order valence-electron chi connectivity index (χ3n) is 2.33. The molecule has 0 aliphatic rings. The van der Waals surface area contributed by atoms with Crippen molar-refractivity contribution >= 4 is 29.7 Å². The van der Waals surface area contributed by atoms with Gasteiger partial charge in [0, 0.05) is 37.3 Å². The van der Waals surface area contributed by atoms with E-state index in [-0.39, 0.29) is 18.8 Å². The lowest BCUT2D eigenvalue weighted by Crippen LogP contribution is -2.15. The molecule has 0 aromatic heterocycles. The molecule has 0 saturated carbocycles. The minimum Gasteiger partial charge on any atom is -0.378 e. The van der Waals surface area contributed by atoms with Gasteiger partial charge in [-0.15, -0.1) is 12.4 Å². The first kappa shape index (κ1) is 16.4. The molecule has 0 saturated heterocycles. The molecule has 0 heterocycles. The number of hydrogen-bond donors (Lipinski definition) is 1. The van der Waals surface area contributed by atoms with Gasteiger partial charge in [-0.2, -0.15) is 0 Å². The predicted molar refractivity (Wildman–Crippen MR) is 70.6 cm³/mol. The minimum absolute atomic E-state index is 0. The molecule has 0 aliphatic heterocycles. The Balaban J connectivity index is 0.00000256. The molecule has 1 aromatic rings. The minimum atomic E-state index is -2.42. The number of benzene rings is 1. The highest BCUT2D eigenvalue weighted by Crippen LogP contribution is 2.28. The summed E-state index contributed by atoms with van der Waals surface area (Å²) in [6.07, 6.45) is -2.79. The Bertz CT molecular complexity index is 359. The third-order valence-corrected chi connectivity index (χ3v) is 2.66. The Morgan fingerprint density at radius 1 is 1.35 bits per heavy atom. The van der Waals surface area contributed by atoms with Gasteiger partial charge in [0.05, 0.1) is 0 Å². The van der Waals surface area contributed by atoms with Gasteiger partial charge in [-0.05, 0) is 17.7 Å². The molecule has 0 unspecified atom stereocenters. The van der Waals surface area contributed by atoms with Crippen LogP contribution < -0.4 is 10.6 Å². The summed E-state index contributed by atoms with van der Waals surface area (Å²) in [5.74, 6) is 0. The molecule has 0 radical (unpaired) electrons. The molecular formula is C11H16Cl2F2N2. The fourth-order valence-electron chi connectivity index (χ4n) is 1.41. The molecule has 2 nitrogen and oxygen atoms in total. The summed E-state index contributed by atoms with van der Waals surface area (Å²) in [6.45, 7) is 0. The highest BCUT2D eigenvalue weighted by atomic mass is 35.5. The van der Waals surface area contributed by atoms with Crippen LogP contribution in [-0.4, -0.2) is 20.5 Å². The average molecular weight is 285 g/mol. The lowest BCUT2D eigenvalue weighted by Gasteiger charge is -2.17. The van der Waals surface area contributed by atoms with Crippen LogP contribution in [0.3, 0.4) is 0 Å². The SMILES string of the molecule is CN(C)c1ccc([C@@H](N)CC(F)F)c(Cl)c1.Cl. The van der Waals surface area contributed by atoms with Crippen molar-refractivity contribution in [3.05, 3.63) is 28.8 Å². The van der Waals surface area contributed by atoms with E-state index in [1.807, 2.05) is 25.1 Å². The fourth-order valence-corrected chi connectivity index (χ4v) is 1.73. The van der Waals surface area contributed by atoms with Crippen molar-refractivity contribution in [1.29, 1.82) is 0 Å². The number of alkyl halides is 2. The molecule has 0 bridgehead atoms. The Labute approximate surface area is 111 Å². The van der Waals surface area contributed by atoms with Gasteiger partial charge in [-0.1, -0.05) is 17.7 Å². The van der Waals surface area contributed by atoms with E-state index >= 15 is 0 Å². The second-order valence-corrected chi connectivity index (χ2v) is 4.24. The van der Waals surface area contributed by atoms with Gasteiger partial charge < -0.3 is 10.6 Å². The largest absolute Gasteiger partial charge is 0.378 e. The first-order valence-corrected chi connectivity index (χ1v) is 5.30. The summed E-state index contributed by atoms with van der Waals surface area (Å²) in [5, 5.41) is 0.430. The molecule has 17 heavy (non-hydrogen) atoms. The zero-order chi connectivity index (χ0) is 12.3. The maximum atomic E-state index is 12.2. The Morgan fingerprint density at radius 2 is 1.94 bits per heavy atom. The molecule has 98 valence electrons. The molecule has 1 atom stereocenters. The van der Waals surface area contributed by atoms with E-state index in [1.165, 1.54) is 0 Å². The van der Waals surface area contributed by atoms with Gasteiger partial charge >= 0.3 is 0 Å². The van der Waals surface area contributed by atoms with Crippen LogP contribution in [-0.2, 0) is 0 Å². The maximum absolute atomic E-state index is 12.2. The molecular weight excluding hydrogens is 269 g/mol. The number of halogens is 4. The van der Waals surface area contributed by atoms with Gasteiger partial charge in [0.15, 0.2) is 0 Å². The van der Waals surface area contributed by atoms with E-state index < -0.39 is 12.5 Å². The second kappa shape index (κ2) is 6.99. The van der Waals surface area contributed by atoms with E-state index in [4.69, 9.17) is 17.3 Å². The van der Waals surface area contributed by atoms with Crippen molar-refractivity contribution in [3.8, 4) is 0 Å². The van der Waals surface area contributed by atoms with Crippen molar-refractivity contribution in [3.63, 3.8) is 0 Å². The number of hydrogen-bond acceptors (Lipinski definition) is 2. The van der Waals surface area contributed by atoms with Crippen LogP contribution in [0.25, 0.3) is 0 Å². The number of rotatable bonds is 4. The molecule has 0 aliphatic carbocycles. The van der Waals surface area contributed by atoms with Gasteiger partial charge in [0.25, 0.3) is 0 Å². The Hall–Kier alpha value is -0.580. The number of anilines is 1. The van der Waals surface area contributed by atoms with Gasteiger partial charge in [-0.25, -0.2) is 8.78 Å². The lowest BCUT2D eigenvalue weighted by molar-refractivity contribution is 0.128. The van der Waals surface area contributed by atoms with Crippen molar-refractivity contribution < 1.29 is 8.78 Å². The average Bonchev–Trinajstić information content (AvgIpc) is 2.15. The molecule has 0 amide bonds. The van der Waals surface area contributed by atoms with Crippen molar-refractivity contribution in [2.75, 3.05) is 19.0 Å². The van der Waals surface area contributed by atoms with Crippen LogP contribution in [0.5, 0.6) is 0 Å². The van der Waals surface area contributed by atoms with Crippen LogP contribution in [0.2, 0.25) is 5.02 Å². The van der Waals surface area contributed by atoms with Gasteiger partial charge in [0.1, 0.15) is 0 Å². The first-order valence-electron chi connectivity index (χ1n) is 4.92. The molecule has 1 rings (SSSR count). The van der Waals surface area contributed by atoms with Crippen LogP contribution in [0.15, 0.2) is 18.2 Å². The molecule has 6 heteroatoms. The van der Waals surface area contributed by atoms with Gasteiger partial charge in [-0.3, -0.25) is 0 Å². The summed E-state index contributed by atoms with van der Waals surface area (Å²) in [5.41, 5.74) is 7.12. The second-order valence-electron chi connectivity index (χ2n) is 3.83. The zero-order valence-corrected chi connectivity index (χ0v) is 11.2. The summed E-state index contributed by atoms with van der Waals surface area (Å²) in [4.78, 5) is 1.88. The molecule has 0 spiro atoms. The van der Waals surface area contributed by atoms with Gasteiger partial charge in [0.2, 0.25) is 6.43 Å². The van der Waals surface area contributed by atoms with E-state index in [0.717, 1.165) is 5.69 Å². The highest BCUT2D eigenvalue weighted by molar-refractivity contribution is 6.31. The first-order chi connectivity index (χ1) is 7.41. The summed E-state index contributed by atoms with van der Waals surface area (Å²) in [7, 11) is 3.76. The highest BCUT2D eigenvalue weighted by Gasteiger charge is 2.15. The van der Waals surface area contributed by atoms with Crippen molar-refractivity contribution in [2.24, 2.45) is 5.73 Å². The van der Waals surface area contributed by atoms with E-state index in [9.17, 15) is 8.78 Å².